The SMILES string of the molecule is CCCCCCCCCC[N+](C)(C)CCCCCCCCCC.N. The number of quaternary nitrogens is 1. The predicted molar refractivity (Wildman–Crippen MR) is 112 cm³/mol. The number of hydrogen-bond acceptors (Lipinski definition) is 1. The first-order valence-electron chi connectivity index (χ1n) is 10.9. The van der Waals surface area contributed by atoms with E-state index < -0.39 is 0 Å². The van der Waals surface area contributed by atoms with Gasteiger partial charge in [-0.2, -0.15) is 0 Å². The van der Waals surface area contributed by atoms with E-state index >= 15 is 0 Å². The first kappa shape index (κ1) is 26.2. The van der Waals surface area contributed by atoms with Crippen molar-refractivity contribution in [2.45, 2.75) is 117 Å². The molecule has 0 unspecified atom stereocenters. The van der Waals surface area contributed by atoms with E-state index in [1.807, 2.05) is 0 Å². The molecule has 0 radical (unpaired) electrons. The van der Waals surface area contributed by atoms with Crippen molar-refractivity contribution >= 4 is 0 Å². The highest BCUT2D eigenvalue weighted by Crippen LogP contribution is 2.13. The van der Waals surface area contributed by atoms with Gasteiger partial charge in [-0.25, -0.2) is 0 Å². The van der Waals surface area contributed by atoms with Crippen LogP contribution in [0.1, 0.15) is 117 Å². The largest absolute Gasteiger partial charge is 0.344 e. The highest BCUT2D eigenvalue weighted by atomic mass is 15.3. The predicted octanol–water partition coefficient (Wildman–Crippen LogP) is 7.51. The molecule has 148 valence electrons. The molecule has 0 aliphatic carbocycles. The van der Waals surface area contributed by atoms with Gasteiger partial charge in [-0.1, -0.05) is 90.9 Å². The summed E-state index contributed by atoms with van der Waals surface area (Å²) in [5, 5.41) is 0. The normalized spacial score (nSPS) is 11.5. The zero-order chi connectivity index (χ0) is 17.2. The van der Waals surface area contributed by atoms with Gasteiger partial charge in [0.05, 0.1) is 27.2 Å². The van der Waals surface area contributed by atoms with Crippen molar-refractivity contribution in [3.05, 3.63) is 0 Å². The molecule has 24 heavy (non-hydrogen) atoms. The minimum absolute atomic E-state index is 0. The maximum absolute atomic E-state index is 2.43. The molecule has 0 fully saturated rings. The van der Waals surface area contributed by atoms with Crippen LogP contribution in [-0.4, -0.2) is 31.7 Å². The summed E-state index contributed by atoms with van der Waals surface area (Å²) < 4.78 is 1.24. The highest BCUT2D eigenvalue weighted by molar-refractivity contribution is 4.48. The number of rotatable bonds is 18. The van der Waals surface area contributed by atoms with Gasteiger partial charge in [0.25, 0.3) is 0 Å². The fourth-order valence-electron chi connectivity index (χ4n) is 3.46. The summed E-state index contributed by atoms with van der Waals surface area (Å²) >= 11 is 0. The van der Waals surface area contributed by atoms with E-state index in [1.165, 1.54) is 120 Å². The molecule has 0 aliphatic rings. The molecule has 0 atom stereocenters. The highest BCUT2D eigenvalue weighted by Gasteiger charge is 2.13. The van der Waals surface area contributed by atoms with Gasteiger partial charge in [-0.15, -0.1) is 0 Å². The van der Waals surface area contributed by atoms with Gasteiger partial charge in [0.2, 0.25) is 0 Å². The van der Waals surface area contributed by atoms with Gasteiger partial charge in [0.1, 0.15) is 0 Å². The van der Waals surface area contributed by atoms with Crippen molar-refractivity contribution in [2.75, 3.05) is 27.2 Å². The Morgan fingerprint density at radius 1 is 0.417 bits per heavy atom. The van der Waals surface area contributed by atoms with Crippen molar-refractivity contribution < 1.29 is 4.48 Å². The molecule has 0 spiro atoms. The first-order chi connectivity index (χ1) is 11.1. The monoisotopic (exact) mass is 343 g/mol. The fraction of sp³-hybridized carbons (Fsp3) is 1.00. The van der Waals surface area contributed by atoms with E-state index in [2.05, 4.69) is 27.9 Å². The van der Waals surface area contributed by atoms with Crippen LogP contribution >= 0.6 is 0 Å². The lowest BCUT2D eigenvalue weighted by molar-refractivity contribution is -0.890. The molecule has 0 bridgehead atoms. The minimum Gasteiger partial charge on any atom is -0.344 e. The lowest BCUT2D eigenvalue weighted by Gasteiger charge is -2.30. The van der Waals surface area contributed by atoms with Crippen molar-refractivity contribution in [1.29, 1.82) is 0 Å². The van der Waals surface area contributed by atoms with Crippen LogP contribution in [0.25, 0.3) is 0 Å². The molecule has 0 heterocycles. The lowest BCUT2D eigenvalue weighted by Crippen LogP contribution is -2.41. The third-order valence-electron chi connectivity index (χ3n) is 5.23. The topological polar surface area (TPSA) is 35.0 Å². The molecule has 0 aromatic heterocycles. The van der Waals surface area contributed by atoms with Gasteiger partial charge >= 0.3 is 0 Å². The maximum Gasteiger partial charge on any atom is 0.0782 e. The zero-order valence-corrected chi connectivity index (χ0v) is 17.9. The van der Waals surface area contributed by atoms with E-state index in [-0.39, 0.29) is 6.15 Å². The molecular formula is C22H51N2+. The molecule has 0 aromatic carbocycles. The van der Waals surface area contributed by atoms with E-state index in [9.17, 15) is 0 Å². The van der Waals surface area contributed by atoms with Crippen molar-refractivity contribution in [3.8, 4) is 0 Å². The summed E-state index contributed by atoms with van der Waals surface area (Å²) in [6, 6.07) is 0. The molecular weight excluding hydrogens is 292 g/mol. The minimum atomic E-state index is 0. The smallest absolute Gasteiger partial charge is 0.0782 e. The number of hydrogen-bond donors (Lipinski definition) is 1. The average molecular weight is 344 g/mol. The summed E-state index contributed by atoms with van der Waals surface area (Å²) in [4.78, 5) is 0. The van der Waals surface area contributed by atoms with Gasteiger partial charge in [-0.3, -0.25) is 0 Å². The second-order valence-corrected chi connectivity index (χ2v) is 8.33. The zero-order valence-electron chi connectivity index (χ0n) is 17.9. The number of unbranched alkanes of at least 4 members (excludes halogenated alkanes) is 14. The van der Waals surface area contributed by atoms with Crippen LogP contribution in [0.4, 0.5) is 0 Å². The maximum atomic E-state index is 2.43. The van der Waals surface area contributed by atoms with Gasteiger partial charge in [-0.05, 0) is 25.7 Å². The molecule has 2 nitrogen and oxygen atoms in total. The van der Waals surface area contributed by atoms with Crippen molar-refractivity contribution in [1.82, 2.24) is 6.15 Å². The molecule has 3 N–H and O–H groups in total. The lowest BCUT2D eigenvalue weighted by atomic mass is 10.1. The number of nitrogens with zero attached hydrogens (tertiary/aromatic N) is 1. The van der Waals surface area contributed by atoms with Gasteiger partial charge in [0.15, 0.2) is 0 Å². The Bertz CT molecular complexity index is 204. The van der Waals surface area contributed by atoms with E-state index in [0.29, 0.717) is 0 Å². The average Bonchev–Trinajstić information content (AvgIpc) is 2.52. The quantitative estimate of drug-likeness (QED) is 0.203. The fourth-order valence-corrected chi connectivity index (χ4v) is 3.46. The van der Waals surface area contributed by atoms with Crippen LogP contribution < -0.4 is 6.15 Å². The van der Waals surface area contributed by atoms with Gasteiger partial charge < -0.3 is 10.6 Å². The second kappa shape index (κ2) is 19.2. The van der Waals surface area contributed by atoms with Crippen LogP contribution in [0.2, 0.25) is 0 Å². The summed E-state index contributed by atoms with van der Waals surface area (Å²) in [6.07, 6.45) is 23.0. The molecule has 0 saturated carbocycles. The summed E-state index contributed by atoms with van der Waals surface area (Å²) in [7, 11) is 4.87. The van der Waals surface area contributed by atoms with Gasteiger partial charge in [0, 0.05) is 0 Å². The summed E-state index contributed by atoms with van der Waals surface area (Å²) in [6.45, 7) is 7.36. The Balaban J connectivity index is 0. The Morgan fingerprint density at radius 3 is 0.958 bits per heavy atom. The molecule has 0 saturated heterocycles. The third kappa shape index (κ3) is 20.0. The first-order valence-corrected chi connectivity index (χ1v) is 10.9. The summed E-state index contributed by atoms with van der Waals surface area (Å²) in [5.74, 6) is 0. The van der Waals surface area contributed by atoms with Crippen LogP contribution in [0.5, 0.6) is 0 Å². The van der Waals surface area contributed by atoms with Crippen LogP contribution in [0.3, 0.4) is 0 Å². The van der Waals surface area contributed by atoms with E-state index in [4.69, 9.17) is 0 Å². The third-order valence-corrected chi connectivity index (χ3v) is 5.23. The van der Waals surface area contributed by atoms with Crippen LogP contribution in [0.15, 0.2) is 0 Å². The van der Waals surface area contributed by atoms with Crippen LogP contribution in [-0.2, 0) is 0 Å². The molecule has 2 heteroatoms. The summed E-state index contributed by atoms with van der Waals surface area (Å²) in [5.41, 5.74) is 0. The molecule has 0 amide bonds. The van der Waals surface area contributed by atoms with Crippen molar-refractivity contribution in [3.63, 3.8) is 0 Å². The van der Waals surface area contributed by atoms with E-state index in [1.54, 1.807) is 0 Å². The Kier molecular flexibility index (Phi) is 21.0. The second-order valence-electron chi connectivity index (χ2n) is 8.33. The Hall–Kier alpha value is -0.0800. The molecule has 0 aromatic rings. The molecule has 0 aliphatic heterocycles. The van der Waals surface area contributed by atoms with Crippen LogP contribution in [0, 0.1) is 0 Å². The standard InChI is InChI=1S/C22H48N.H3N/c1-5-7-9-11-13-15-17-19-21-23(3,4)22-20-18-16-14-12-10-8-6-2;/h5-22H2,1-4H3;1H3/q+1;. The Labute approximate surface area is 155 Å². The van der Waals surface area contributed by atoms with Crippen molar-refractivity contribution in [2.24, 2.45) is 0 Å². The van der Waals surface area contributed by atoms with E-state index in [0.717, 1.165) is 0 Å². The Morgan fingerprint density at radius 2 is 0.667 bits per heavy atom. The molecule has 0 rings (SSSR count).